The molecular weight excluding hydrogens is 88.1 g/mol. The molecular formula is C5H7N2+. The van der Waals surface area contributed by atoms with Crippen LogP contribution in [0.15, 0.2) is 0 Å². The molecule has 0 aliphatic carbocycles. The summed E-state index contributed by atoms with van der Waals surface area (Å²) >= 11 is 0. The number of quaternary nitrogens is 1. The molecule has 0 heterocycles. The van der Waals surface area contributed by atoms with E-state index in [9.17, 15) is 0 Å². The lowest BCUT2D eigenvalue weighted by Crippen LogP contribution is -3.02. The van der Waals surface area contributed by atoms with Crippen LogP contribution in [-0.2, 0) is 0 Å². The van der Waals surface area contributed by atoms with Crippen LogP contribution in [0.25, 0.3) is 0 Å². The summed E-state index contributed by atoms with van der Waals surface area (Å²) < 4.78 is 0. The van der Waals surface area contributed by atoms with Crippen molar-refractivity contribution in [3.05, 3.63) is 28.2 Å². The molecule has 0 aromatic heterocycles. The predicted molar refractivity (Wildman–Crippen MR) is 24.9 cm³/mol. The second-order valence-electron chi connectivity index (χ2n) is 1.25. The van der Waals surface area contributed by atoms with Crippen molar-refractivity contribution in [3.63, 3.8) is 0 Å². The molecule has 0 amide bonds. The summed E-state index contributed by atoms with van der Waals surface area (Å²) in [5.41, 5.74) is 0. The summed E-state index contributed by atoms with van der Waals surface area (Å²) in [4.78, 5) is 1.13. The fraction of sp³-hybridized carbons (Fsp3) is 0.200. The van der Waals surface area contributed by atoms with E-state index in [1.54, 1.807) is 0 Å². The number of nitrogens with zero attached hydrogens (tertiary/aromatic N) is 1. The van der Waals surface area contributed by atoms with Crippen LogP contribution in [-0.4, -0.2) is 11.6 Å². The molecule has 0 aromatic carbocycles. The van der Waals surface area contributed by atoms with Gasteiger partial charge in [0.1, 0.15) is 6.67 Å². The highest BCUT2D eigenvalue weighted by atomic mass is 15.2. The summed E-state index contributed by atoms with van der Waals surface area (Å²) in [5, 5.41) is 0. The topological polar surface area (TPSA) is 7.68 Å². The lowest BCUT2D eigenvalue weighted by atomic mass is 10.8. The summed E-state index contributed by atoms with van der Waals surface area (Å²) in [7, 11) is 19.8. The second-order valence-corrected chi connectivity index (χ2v) is 1.25. The molecule has 0 aliphatic rings. The Labute approximate surface area is 45.7 Å². The number of hydrogen-bond acceptors (Lipinski definition) is 1. The van der Waals surface area contributed by atoms with Crippen LogP contribution in [0.5, 0.6) is 0 Å². The van der Waals surface area contributed by atoms with E-state index >= 15 is 0 Å². The van der Waals surface area contributed by atoms with Crippen molar-refractivity contribution in [3.8, 4) is 0 Å². The summed E-state index contributed by atoms with van der Waals surface area (Å²) in [5.74, 6) is 0. The average molecular weight is 95.1 g/mol. The van der Waals surface area contributed by atoms with Gasteiger partial charge in [-0.05, 0) is 0 Å². The smallest absolute Gasteiger partial charge is 0.206 e. The van der Waals surface area contributed by atoms with Crippen molar-refractivity contribution in [1.29, 1.82) is 0 Å². The summed E-state index contributed by atoms with van der Waals surface area (Å²) in [6.45, 7) is 0.222. The van der Waals surface area contributed by atoms with Gasteiger partial charge in [-0.25, -0.2) is 4.90 Å². The molecule has 0 aromatic rings. The van der Waals surface area contributed by atoms with Gasteiger partial charge in [-0.15, -0.1) is 0 Å². The van der Waals surface area contributed by atoms with Crippen molar-refractivity contribution in [2.75, 3.05) is 6.67 Å². The van der Waals surface area contributed by atoms with Crippen LogP contribution < -0.4 is 4.90 Å². The first kappa shape index (κ1) is 6.92. The Morgan fingerprint density at radius 3 is 1.71 bits per heavy atom. The van der Waals surface area contributed by atoms with E-state index in [0.29, 0.717) is 0 Å². The third kappa shape index (κ3) is 5.92. The molecule has 0 saturated carbocycles. The minimum Gasteiger partial charge on any atom is -0.297 e. The number of hydrogen-bond donors (Lipinski definition) is 1. The molecule has 7 heavy (non-hydrogen) atoms. The molecule has 0 aliphatic heterocycles. The lowest BCUT2D eigenvalue weighted by Gasteiger charge is -2.08. The van der Waals surface area contributed by atoms with Gasteiger partial charge in [0.15, 0.2) is 0 Å². The first-order valence-electron chi connectivity index (χ1n) is 1.76. The third-order valence-corrected chi connectivity index (χ3v) is 0.365. The fourth-order valence-electron chi connectivity index (χ4n) is 0.211. The SMILES string of the molecule is [CH]N([CH])C[NH+]([CH])[CH]. The van der Waals surface area contributed by atoms with Gasteiger partial charge in [0.2, 0.25) is 14.1 Å². The molecule has 0 spiro atoms. The van der Waals surface area contributed by atoms with Crippen molar-refractivity contribution in [2.45, 2.75) is 0 Å². The van der Waals surface area contributed by atoms with Gasteiger partial charge in [0.25, 0.3) is 0 Å². The van der Waals surface area contributed by atoms with Crippen molar-refractivity contribution < 1.29 is 4.90 Å². The maximum absolute atomic E-state index is 4.99. The van der Waals surface area contributed by atoms with E-state index in [2.05, 4.69) is 0 Å². The van der Waals surface area contributed by atoms with Crippen LogP contribution in [0.1, 0.15) is 0 Å². The van der Waals surface area contributed by atoms with Gasteiger partial charge in [-0.2, -0.15) is 0 Å². The van der Waals surface area contributed by atoms with Crippen LogP contribution in [0, 0.1) is 28.2 Å². The zero-order valence-electron chi connectivity index (χ0n) is 3.96. The van der Waals surface area contributed by atoms with Crippen LogP contribution in [0.2, 0.25) is 0 Å². The quantitative estimate of drug-likeness (QED) is 0.334. The van der Waals surface area contributed by atoms with Gasteiger partial charge in [0, 0.05) is 14.1 Å². The van der Waals surface area contributed by atoms with E-state index in [4.69, 9.17) is 28.2 Å². The molecule has 2 nitrogen and oxygen atoms in total. The Balaban J connectivity index is 2.95. The molecule has 0 unspecified atom stereocenters. The Morgan fingerprint density at radius 2 is 1.71 bits per heavy atom. The second kappa shape index (κ2) is 2.99. The fourth-order valence-corrected chi connectivity index (χ4v) is 0.211. The van der Waals surface area contributed by atoms with Gasteiger partial charge >= 0.3 is 0 Å². The first-order valence-corrected chi connectivity index (χ1v) is 1.76. The van der Waals surface area contributed by atoms with Gasteiger partial charge in [-0.1, -0.05) is 0 Å². The Hall–Kier alpha value is -0.0800. The molecule has 1 N–H and O–H groups in total. The first-order chi connectivity index (χ1) is 3.13. The van der Waals surface area contributed by atoms with Crippen LogP contribution in [0.3, 0.4) is 0 Å². The largest absolute Gasteiger partial charge is 0.297 e. The Kier molecular flexibility index (Phi) is 2.96. The lowest BCUT2D eigenvalue weighted by molar-refractivity contribution is -0.814. The molecule has 0 atom stereocenters. The molecule has 0 bridgehead atoms. The number of nitrogens with one attached hydrogen (secondary N) is 1. The Bertz CT molecular complexity index is 35.3. The molecule has 0 saturated heterocycles. The minimum absolute atomic E-state index is 0.213. The van der Waals surface area contributed by atoms with Crippen molar-refractivity contribution >= 4 is 0 Å². The van der Waals surface area contributed by atoms with E-state index < -0.39 is 0 Å². The van der Waals surface area contributed by atoms with Gasteiger partial charge < -0.3 is 0 Å². The zero-order chi connectivity index (χ0) is 5.86. The molecule has 0 fully saturated rings. The van der Waals surface area contributed by atoms with E-state index in [0.717, 1.165) is 4.90 Å². The van der Waals surface area contributed by atoms with Gasteiger partial charge in [0.05, 0.1) is 0 Å². The highest BCUT2D eigenvalue weighted by molar-refractivity contribution is 4.39. The van der Waals surface area contributed by atoms with E-state index in [-0.39, 0.29) is 11.6 Å². The average Bonchev–Trinajstić information content (AvgIpc) is 1.27. The Morgan fingerprint density at radius 1 is 1.29 bits per heavy atom. The minimum atomic E-state index is 0.213. The summed E-state index contributed by atoms with van der Waals surface area (Å²) in [6.07, 6.45) is 0. The molecule has 8 radical (unpaired) electrons. The van der Waals surface area contributed by atoms with Crippen LogP contribution >= 0.6 is 0 Å². The van der Waals surface area contributed by atoms with Crippen molar-refractivity contribution in [1.82, 2.24) is 4.90 Å². The maximum atomic E-state index is 4.99. The molecule has 0 rings (SSSR count). The third-order valence-electron chi connectivity index (χ3n) is 0.365. The van der Waals surface area contributed by atoms with E-state index in [1.807, 2.05) is 0 Å². The highest BCUT2D eigenvalue weighted by Crippen LogP contribution is 1.66. The van der Waals surface area contributed by atoms with Crippen molar-refractivity contribution in [2.24, 2.45) is 0 Å². The molecule has 36 valence electrons. The normalized spacial score (nSPS) is 11.1. The standard InChI is InChI=1S/C5H7N2/c1-6(2)5-7(3)4/h1-4,6H,5H2/q+1. The highest BCUT2D eigenvalue weighted by Gasteiger charge is 1.95. The zero-order valence-corrected chi connectivity index (χ0v) is 3.96. The van der Waals surface area contributed by atoms with Gasteiger partial charge in [-0.3, -0.25) is 4.90 Å². The monoisotopic (exact) mass is 95.1 g/mol. The predicted octanol–water partition coefficient (Wildman–Crippen LogP) is -1.19. The number of rotatable bonds is 2. The maximum Gasteiger partial charge on any atom is 0.206 e. The molecule has 2 heteroatoms. The van der Waals surface area contributed by atoms with Crippen LogP contribution in [0.4, 0.5) is 0 Å². The van der Waals surface area contributed by atoms with E-state index in [1.165, 1.54) is 0 Å². The summed E-state index contributed by atoms with van der Waals surface area (Å²) in [6, 6.07) is 0.